The van der Waals surface area contributed by atoms with E-state index in [0.29, 0.717) is 5.69 Å². The van der Waals surface area contributed by atoms with Crippen LogP contribution in [0.25, 0.3) is 22.3 Å². The molecule has 2 aromatic heterocycles. The van der Waals surface area contributed by atoms with Crippen LogP contribution < -0.4 is 4.68 Å². The summed E-state index contributed by atoms with van der Waals surface area (Å²) in [5.41, 5.74) is 3.08. The van der Waals surface area contributed by atoms with Crippen LogP contribution in [0, 0.1) is 0 Å². The maximum atomic E-state index is 10.7. The van der Waals surface area contributed by atoms with Crippen LogP contribution in [0.5, 0.6) is 0 Å². The van der Waals surface area contributed by atoms with Gasteiger partial charge in [0.05, 0.1) is 22.9 Å². The van der Waals surface area contributed by atoms with E-state index in [2.05, 4.69) is 15.1 Å². The molecule has 0 fully saturated rings. The van der Waals surface area contributed by atoms with Crippen molar-refractivity contribution in [3.63, 3.8) is 0 Å². The molecule has 0 spiro atoms. The molecule has 1 N–H and O–H groups in total. The van der Waals surface area contributed by atoms with Gasteiger partial charge in [0.1, 0.15) is 11.9 Å². The molecule has 0 aliphatic heterocycles. The molecule has 0 aliphatic rings. The van der Waals surface area contributed by atoms with Gasteiger partial charge in [0.25, 0.3) is 10.1 Å². The van der Waals surface area contributed by atoms with Crippen LogP contribution in [0.2, 0.25) is 0 Å². The molecule has 22 heavy (non-hydrogen) atoms. The lowest BCUT2D eigenvalue weighted by Gasteiger charge is -2.01. The van der Waals surface area contributed by atoms with Crippen molar-refractivity contribution in [1.29, 1.82) is 0 Å². The van der Waals surface area contributed by atoms with Crippen molar-refractivity contribution in [2.24, 2.45) is 0 Å². The summed E-state index contributed by atoms with van der Waals surface area (Å²) in [7, 11) is -3.99. The van der Waals surface area contributed by atoms with E-state index in [4.69, 9.17) is 4.55 Å². The van der Waals surface area contributed by atoms with Gasteiger partial charge in [-0.15, -0.1) is 0 Å². The number of fused-ring (bicyclic) bond motifs is 1. The van der Waals surface area contributed by atoms with E-state index in [1.807, 2.05) is 24.3 Å². The van der Waals surface area contributed by atoms with Gasteiger partial charge < -0.3 is 0 Å². The summed E-state index contributed by atoms with van der Waals surface area (Å²) in [6.45, 7) is 0.0858. The normalized spacial score (nSPS) is 11.7. The van der Waals surface area contributed by atoms with E-state index in [-0.39, 0.29) is 12.3 Å². The summed E-state index contributed by atoms with van der Waals surface area (Å²) in [6.07, 6.45) is 4.89. The minimum absolute atomic E-state index is 0.0858. The minimum atomic E-state index is -3.99. The molecule has 0 bridgehead atoms. The Morgan fingerprint density at radius 2 is 1.86 bits per heavy atom. The zero-order valence-corrected chi connectivity index (χ0v) is 12.3. The van der Waals surface area contributed by atoms with E-state index in [1.165, 1.54) is 4.68 Å². The van der Waals surface area contributed by atoms with Crippen molar-refractivity contribution >= 4 is 21.2 Å². The Kier molecular flexibility index (Phi) is 3.78. The van der Waals surface area contributed by atoms with Crippen LogP contribution in [-0.2, 0) is 16.7 Å². The first-order valence-corrected chi connectivity index (χ1v) is 8.15. The van der Waals surface area contributed by atoms with Crippen molar-refractivity contribution in [3.8, 4) is 11.3 Å². The monoisotopic (exact) mass is 317 g/mol. The van der Waals surface area contributed by atoms with Gasteiger partial charge in [-0.05, 0) is 17.2 Å². The SMILES string of the molecule is O=S(=O)(O)CC[n+]1ccc(-c2cnc3ccccc3n2)cn1. The van der Waals surface area contributed by atoms with Gasteiger partial charge in [-0.3, -0.25) is 9.54 Å². The van der Waals surface area contributed by atoms with Crippen molar-refractivity contribution in [3.05, 3.63) is 48.9 Å². The predicted octanol–water partition coefficient (Wildman–Crippen LogP) is 0.867. The molecular weight excluding hydrogens is 304 g/mol. The molecule has 0 saturated heterocycles. The third-order valence-corrected chi connectivity index (χ3v) is 3.79. The van der Waals surface area contributed by atoms with Gasteiger partial charge >= 0.3 is 0 Å². The Hall–Kier alpha value is -2.45. The van der Waals surface area contributed by atoms with Crippen molar-refractivity contribution < 1.29 is 17.7 Å². The number of rotatable bonds is 4. The topological polar surface area (TPSA) is 96.9 Å². The van der Waals surface area contributed by atoms with Crippen LogP contribution in [0.1, 0.15) is 0 Å². The molecule has 0 aliphatic carbocycles. The second-order valence-corrected chi connectivity index (χ2v) is 6.28. The summed E-state index contributed by atoms with van der Waals surface area (Å²) in [5.74, 6) is -0.375. The van der Waals surface area contributed by atoms with Crippen LogP contribution in [0.15, 0.2) is 48.9 Å². The molecule has 0 atom stereocenters. The van der Waals surface area contributed by atoms with Crippen LogP contribution in [0.4, 0.5) is 0 Å². The van der Waals surface area contributed by atoms with Crippen molar-refractivity contribution in [2.75, 3.05) is 5.75 Å². The summed E-state index contributed by atoms with van der Waals surface area (Å²) < 4.78 is 31.6. The van der Waals surface area contributed by atoms with Gasteiger partial charge in [-0.25, -0.2) is 4.98 Å². The highest BCUT2D eigenvalue weighted by Crippen LogP contribution is 2.16. The molecule has 3 aromatic rings. The Bertz CT molecular complexity index is 911. The zero-order valence-electron chi connectivity index (χ0n) is 11.5. The van der Waals surface area contributed by atoms with E-state index in [9.17, 15) is 8.42 Å². The highest BCUT2D eigenvalue weighted by Gasteiger charge is 2.12. The summed E-state index contributed by atoms with van der Waals surface area (Å²) in [6, 6.07) is 9.34. The lowest BCUT2D eigenvalue weighted by Crippen LogP contribution is -2.40. The number of aromatic nitrogens is 4. The van der Waals surface area contributed by atoms with Gasteiger partial charge in [-0.2, -0.15) is 8.42 Å². The van der Waals surface area contributed by atoms with E-state index >= 15 is 0 Å². The Labute approximate surface area is 127 Å². The maximum absolute atomic E-state index is 10.7. The molecule has 7 nitrogen and oxygen atoms in total. The molecule has 0 unspecified atom stereocenters. The average molecular weight is 317 g/mol. The highest BCUT2D eigenvalue weighted by atomic mass is 32.2. The van der Waals surface area contributed by atoms with Crippen LogP contribution >= 0.6 is 0 Å². The van der Waals surface area contributed by atoms with Gasteiger partial charge in [0.15, 0.2) is 12.7 Å². The Morgan fingerprint density at radius 1 is 1.09 bits per heavy atom. The molecule has 3 rings (SSSR count). The Balaban J connectivity index is 1.84. The van der Waals surface area contributed by atoms with Gasteiger partial charge in [0, 0.05) is 11.6 Å². The molecule has 1 aromatic carbocycles. The molecule has 0 radical (unpaired) electrons. The van der Waals surface area contributed by atoms with Gasteiger partial charge in [0.2, 0.25) is 0 Å². The molecule has 8 heteroatoms. The molecule has 2 heterocycles. The van der Waals surface area contributed by atoms with Crippen LogP contribution in [0.3, 0.4) is 0 Å². The fourth-order valence-corrected chi connectivity index (χ4v) is 2.39. The number of hydrogen-bond acceptors (Lipinski definition) is 5. The number of para-hydroxylation sites is 2. The largest absolute Gasteiger partial charge is 0.285 e. The van der Waals surface area contributed by atoms with Crippen molar-refractivity contribution in [1.82, 2.24) is 15.1 Å². The second kappa shape index (κ2) is 5.74. The fourth-order valence-electron chi connectivity index (χ4n) is 1.97. The zero-order chi connectivity index (χ0) is 15.6. The first-order valence-electron chi connectivity index (χ1n) is 6.54. The standard InChI is InChI=1S/C14H12N4O3S/c19-22(20,21)8-7-18-6-5-11(9-16-18)14-10-15-12-3-1-2-4-13(12)17-14/h1-6,9-10H,7-8H2/p+1. The maximum Gasteiger partial charge on any atom is 0.271 e. The fraction of sp³-hybridized carbons (Fsp3) is 0.143. The smallest absolute Gasteiger partial charge is 0.271 e. The summed E-state index contributed by atoms with van der Waals surface area (Å²) in [5, 5.41) is 4.11. The van der Waals surface area contributed by atoms with Gasteiger partial charge in [-0.1, -0.05) is 16.8 Å². The number of benzene rings is 1. The summed E-state index contributed by atoms with van der Waals surface area (Å²) in [4.78, 5) is 8.85. The molecule has 0 amide bonds. The van der Waals surface area contributed by atoms with Crippen molar-refractivity contribution in [2.45, 2.75) is 6.54 Å². The molecule has 0 saturated carbocycles. The number of aryl methyl sites for hydroxylation is 1. The molecular formula is C14H13N4O3S+. The third kappa shape index (κ3) is 3.41. The summed E-state index contributed by atoms with van der Waals surface area (Å²) >= 11 is 0. The quantitative estimate of drug-likeness (QED) is 0.566. The minimum Gasteiger partial charge on any atom is -0.285 e. The van der Waals surface area contributed by atoms with E-state index in [1.54, 1.807) is 24.7 Å². The average Bonchev–Trinajstić information content (AvgIpc) is 2.52. The third-order valence-electron chi connectivity index (χ3n) is 3.09. The molecule has 112 valence electrons. The first kappa shape index (κ1) is 14.5. The second-order valence-electron chi connectivity index (χ2n) is 4.71. The van der Waals surface area contributed by atoms with E-state index < -0.39 is 10.1 Å². The first-order chi connectivity index (χ1) is 10.5. The lowest BCUT2D eigenvalue weighted by atomic mass is 10.2. The van der Waals surface area contributed by atoms with E-state index in [0.717, 1.165) is 16.6 Å². The highest BCUT2D eigenvalue weighted by molar-refractivity contribution is 7.85. The number of nitrogens with zero attached hydrogens (tertiary/aromatic N) is 4. The van der Waals surface area contributed by atoms with Crippen LogP contribution in [-0.4, -0.2) is 33.8 Å². The lowest BCUT2D eigenvalue weighted by molar-refractivity contribution is -0.750. The number of hydrogen-bond donors (Lipinski definition) is 1. The Morgan fingerprint density at radius 3 is 2.55 bits per heavy atom. The predicted molar refractivity (Wildman–Crippen MR) is 79.4 cm³/mol.